The number of hydrogen-bond acceptors (Lipinski definition) is 2. The first-order valence-corrected chi connectivity index (χ1v) is 7.05. The van der Waals surface area contributed by atoms with Gasteiger partial charge in [0.2, 0.25) is 0 Å². The molecule has 0 N–H and O–H groups in total. The van der Waals surface area contributed by atoms with Crippen molar-refractivity contribution in [3.05, 3.63) is 0 Å². The maximum atomic E-state index is 14.2. The van der Waals surface area contributed by atoms with Crippen LogP contribution in [0.3, 0.4) is 0 Å². The van der Waals surface area contributed by atoms with Crippen LogP contribution in [0.15, 0.2) is 0 Å². The fourth-order valence-electron chi connectivity index (χ4n) is 3.39. The first-order chi connectivity index (χ1) is 8.63. The molecule has 0 aromatic carbocycles. The van der Waals surface area contributed by atoms with Crippen molar-refractivity contribution in [3.8, 4) is 0 Å². The van der Waals surface area contributed by atoms with Gasteiger partial charge in [0.25, 0.3) is 0 Å². The number of Topliss-reactive ketones (excluding diaryl/α,β-unsaturated/α-hetero) is 1. The number of hydrogen-bond donors (Lipinski definition) is 0. The highest BCUT2D eigenvalue weighted by Gasteiger charge is 2.44. The standard InChI is InChI=1S/C14H22F2O2/c1-2-18-12-8-7-11(13(15)14(12)16)9-3-5-10(17)6-4-9/h9,11-14H,2-8H2,1H3. The first-order valence-electron chi connectivity index (χ1n) is 7.05. The Kier molecular flexibility index (Phi) is 4.71. The molecule has 4 unspecified atom stereocenters. The first kappa shape index (κ1) is 13.9. The van der Waals surface area contributed by atoms with Crippen LogP contribution >= 0.6 is 0 Å². The summed E-state index contributed by atoms with van der Waals surface area (Å²) in [5.41, 5.74) is 0. The third-order valence-corrected chi connectivity index (χ3v) is 4.43. The molecule has 0 aromatic heterocycles. The normalized spacial score (nSPS) is 38.9. The molecule has 0 bridgehead atoms. The smallest absolute Gasteiger partial charge is 0.157 e. The Morgan fingerprint density at radius 3 is 2.39 bits per heavy atom. The number of carbonyl (C=O) groups is 1. The van der Waals surface area contributed by atoms with Gasteiger partial charge in [-0.05, 0) is 44.4 Å². The predicted molar refractivity (Wildman–Crippen MR) is 64.9 cm³/mol. The highest BCUT2D eigenvalue weighted by molar-refractivity contribution is 5.79. The molecule has 2 aliphatic carbocycles. The van der Waals surface area contributed by atoms with Crippen molar-refractivity contribution in [1.29, 1.82) is 0 Å². The van der Waals surface area contributed by atoms with Gasteiger partial charge in [-0.2, -0.15) is 0 Å². The lowest BCUT2D eigenvalue weighted by molar-refractivity contribution is -0.123. The van der Waals surface area contributed by atoms with Gasteiger partial charge in [-0.25, -0.2) is 8.78 Å². The lowest BCUT2D eigenvalue weighted by atomic mass is 9.71. The van der Waals surface area contributed by atoms with Crippen LogP contribution in [0.5, 0.6) is 0 Å². The van der Waals surface area contributed by atoms with Gasteiger partial charge in [-0.15, -0.1) is 0 Å². The van der Waals surface area contributed by atoms with Crippen molar-refractivity contribution in [2.75, 3.05) is 6.61 Å². The summed E-state index contributed by atoms with van der Waals surface area (Å²) >= 11 is 0. The molecule has 2 aliphatic rings. The van der Waals surface area contributed by atoms with Crippen molar-refractivity contribution in [1.82, 2.24) is 0 Å². The predicted octanol–water partition coefficient (Wildman–Crippen LogP) is 3.24. The van der Waals surface area contributed by atoms with Crippen LogP contribution in [0.4, 0.5) is 8.78 Å². The number of ether oxygens (including phenoxy) is 1. The number of halogens is 2. The van der Waals surface area contributed by atoms with Crippen molar-refractivity contribution in [3.63, 3.8) is 0 Å². The molecule has 0 spiro atoms. The molecule has 4 heteroatoms. The van der Waals surface area contributed by atoms with E-state index in [1.807, 2.05) is 0 Å². The summed E-state index contributed by atoms with van der Waals surface area (Å²) in [6.45, 7) is 2.24. The molecule has 0 radical (unpaired) electrons. The summed E-state index contributed by atoms with van der Waals surface area (Å²) in [6, 6.07) is 0. The quantitative estimate of drug-likeness (QED) is 0.778. The zero-order valence-corrected chi connectivity index (χ0v) is 10.9. The minimum atomic E-state index is -1.50. The molecule has 2 saturated carbocycles. The maximum Gasteiger partial charge on any atom is 0.157 e. The summed E-state index contributed by atoms with van der Waals surface area (Å²) < 4.78 is 33.3. The maximum absolute atomic E-state index is 14.2. The Hall–Kier alpha value is -0.510. The number of rotatable bonds is 3. The average molecular weight is 260 g/mol. The van der Waals surface area contributed by atoms with E-state index in [2.05, 4.69) is 0 Å². The van der Waals surface area contributed by atoms with E-state index < -0.39 is 18.4 Å². The van der Waals surface area contributed by atoms with Crippen LogP contribution in [0.25, 0.3) is 0 Å². The Bertz CT molecular complexity index is 286. The van der Waals surface area contributed by atoms with Crippen LogP contribution in [-0.2, 0) is 9.53 Å². The molecular weight excluding hydrogens is 238 g/mol. The Morgan fingerprint density at radius 1 is 1.11 bits per heavy atom. The minimum absolute atomic E-state index is 0.179. The second-order valence-electron chi connectivity index (χ2n) is 5.50. The van der Waals surface area contributed by atoms with Crippen molar-refractivity contribution >= 4 is 5.78 Å². The van der Waals surface area contributed by atoms with Gasteiger partial charge in [0.05, 0.1) is 6.10 Å². The molecule has 2 fully saturated rings. The summed E-state index contributed by atoms with van der Waals surface area (Å²) in [7, 11) is 0. The SMILES string of the molecule is CCOC1CCC(C2CCC(=O)CC2)C(F)C1F. The van der Waals surface area contributed by atoms with Crippen LogP contribution < -0.4 is 0 Å². The molecule has 0 amide bonds. The second-order valence-corrected chi connectivity index (χ2v) is 5.50. The molecule has 2 rings (SSSR count). The molecule has 0 heterocycles. The third kappa shape index (κ3) is 2.90. The molecule has 0 aliphatic heterocycles. The summed E-state index contributed by atoms with van der Waals surface area (Å²) in [5, 5.41) is 0. The van der Waals surface area contributed by atoms with E-state index in [0.29, 0.717) is 32.3 Å². The van der Waals surface area contributed by atoms with Crippen LogP contribution in [0.2, 0.25) is 0 Å². The summed E-state index contributed by atoms with van der Waals surface area (Å²) in [6.07, 6.45) is 0.336. The Balaban J connectivity index is 1.93. The molecule has 2 nitrogen and oxygen atoms in total. The van der Waals surface area contributed by atoms with E-state index in [1.165, 1.54) is 0 Å². The summed E-state index contributed by atoms with van der Waals surface area (Å²) in [4.78, 5) is 11.2. The van der Waals surface area contributed by atoms with Gasteiger partial charge in [-0.3, -0.25) is 4.79 Å². The monoisotopic (exact) mass is 260 g/mol. The lowest BCUT2D eigenvalue weighted by Crippen LogP contribution is -2.45. The number of ketones is 1. The number of alkyl halides is 2. The van der Waals surface area contributed by atoms with Gasteiger partial charge >= 0.3 is 0 Å². The van der Waals surface area contributed by atoms with E-state index in [0.717, 1.165) is 12.8 Å². The van der Waals surface area contributed by atoms with E-state index in [9.17, 15) is 13.6 Å². The fourth-order valence-corrected chi connectivity index (χ4v) is 3.39. The van der Waals surface area contributed by atoms with E-state index >= 15 is 0 Å². The molecule has 0 saturated heterocycles. The lowest BCUT2D eigenvalue weighted by Gasteiger charge is -2.39. The van der Waals surface area contributed by atoms with Gasteiger partial charge in [0.15, 0.2) is 6.17 Å². The fraction of sp³-hybridized carbons (Fsp3) is 0.929. The summed E-state index contributed by atoms with van der Waals surface area (Å²) in [5.74, 6) is 0.227. The van der Waals surface area contributed by atoms with E-state index in [1.54, 1.807) is 6.92 Å². The minimum Gasteiger partial charge on any atom is -0.375 e. The second kappa shape index (κ2) is 6.09. The molecule has 104 valence electrons. The van der Waals surface area contributed by atoms with Crippen molar-refractivity contribution < 1.29 is 18.3 Å². The number of carbonyl (C=O) groups excluding carboxylic acids is 1. The zero-order valence-electron chi connectivity index (χ0n) is 10.9. The van der Waals surface area contributed by atoms with Crippen LogP contribution in [0.1, 0.15) is 45.4 Å². The van der Waals surface area contributed by atoms with Crippen molar-refractivity contribution in [2.45, 2.75) is 63.9 Å². The van der Waals surface area contributed by atoms with Crippen LogP contribution in [0, 0.1) is 11.8 Å². The average Bonchev–Trinajstić information content (AvgIpc) is 2.37. The van der Waals surface area contributed by atoms with Crippen LogP contribution in [-0.4, -0.2) is 30.8 Å². The van der Waals surface area contributed by atoms with Gasteiger partial charge in [0.1, 0.15) is 12.0 Å². The van der Waals surface area contributed by atoms with Gasteiger partial charge in [-0.1, -0.05) is 0 Å². The topological polar surface area (TPSA) is 26.3 Å². The van der Waals surface area contributed by atoms with Gasteiger partial charge in [0, 0.05) is 19.4 Å². The molecular formula is C14H22F2O2. The molecule has 4 atom stereocenters. The Labute approximate surface area is 107 Å². The Morgan fingerprint density at radius 2 is 1.78 bits per heavy atom. The van der Waals surface area contributed by atoms with Gasteiger partial charge < -0.3 is 4.74 Å². The highest BCUT2D eigenvalue weighted by atomic mass is 19.2. The molecule has 0 aromatic rings. The molecule has 18 heavy (non-hydrogen) atoms. The zero-order chi connectivity index (χ0) is 13.1. The van der Waals surface area contributed by atoms with Crippen molar-refractivity contribution in [2.24, 2.45) is 11.8 Å². The third-order valence-electron chi connectivity index (χ3n) is 4.43. The largest absolute Gasteiger partial charge is 0.375 e. The van der Waals surface area contributed by atoms with E-state index in [-0.39, 0.29) is 17.6 Å². The van der Waals surface area contributed by atoms with E-state index in [4.69, 9.17) is 4.74 Å². The highest BCUT2D eigenvalue weighted by Crippen LogP contribution is 2.40.